The first-order chi connectivity index (χ1) is 6.54. The molecular weight excluding hydrogens is 172 g/mol. The first-order valence-electron chi connectivity index (χ1n) is 5.95. The summed E-state index contributed by atoms with van der Waals surface area (Å²) >= 11 is 0. The molecule has 1 aliphatic rings. The van der Waals surface area contributed by atoms with E-state index < -0.39 is 0 Å². The third-order valence-corrected chi connectivity index (χ3v) is 3.93. The van der Waals surface area contributed by atoms with Gasteiger partial charge in [-0.3, -0.25) is 4.90 Å². The number of nitrogens with two attached hydrogens (primary N) is 1. The molecule has 1 aliphatic carbocycles. The van der Waals surface area contributed by atoms with Crippen LogP contribution in [0.3, 0.4) is 0 Å². The second-order valence-electron chi connectivity index (χ2n) is 5.34. The maximum atomic E-state index is 5.91. The second-order valence-corrected chi connectivity index (χ2v) is 5.34. The Kier molecular flexibility index (Phi) is 3.96. The van der Waals surface area contributed by atoms with E-state index in [1.165, 1.54) is 25.8 Å². The molecule has 0 aromatic carbocycles. The lowest BCUT2D eigenvalue weighted by molar-refractivity contribution is -0.00247. The lowest BCUT2D eigenvalue weighted by Gasteiger charge is -2.52. The Balaban J connectivity index is 2.45. The monoisotopic (exact) mass is 198 g/mol. The highest BCUT2D eigenvalue weighted by Gasteiger charge is 2.43. The first kappa shape index (κ1) is 12.0. The van der Waals surface area contributed by atoms with Crippen LogP contribution in [-0.2, 0) is 0 Å². The van der Waals surface area contributed by atoms with Gasteiger partial charge in [0.25, 0.3) is 0 Å². The molecule has 0 bridgehead atoms. The van der Waals surface area contributed by atoms with Crippen molar-refractivity contribution in [2.75, 3.05) is 20.1 Å². The molecule has 84 valence electrons. The summed E-state index contributed by atoms with van der Waals surface area (Å²) in [7, 11) is 2.24. The molecule has 14 heavy (non-hydrogen) atoms. The Bertz CT molecular complexity index is 173. The van der Waals surface area contributed by atoms with Crippen LogP contribution in [0.4, 0.5) is 0 Å². The largest absolute Gasteiger partial charge is 0.329 e. The minimum absolute atomic E-state index is 0.336. The van der Waals surface area contributed by atoms with Gasteiger partial charge in [0, 0.05) is 18.6 Å². The Morgan fingerprint density at radius 1 is 1.50 bits per heavy atom. The molecule has 0 spiro atoms. The predicted octanol–water partition coefficient (Wildman–Crippen LogP) is 2.09. The molecule has 1 fully saturated rings. The van der Waals surface area contributed by atoms with Crippen molar-refractivity contribution in [2.45, 2.75) is 45.6 Å². The van der Waals surface area contributed by atoms with Gasteiger partial charge in [-0.15, -0.1) is 0 Å². The summed E-state index contributed by atoms with van der Waals surface area (Å²) < 4.78 is 0. The minimum atomic E-state index is 0.336. The molecule has 0 radical (unpaired) electrons. The zero-order valence-corrected chi connectivity index (χ0v) is 10.2. The molecule has 1 unspecified atom stereocenters. The molecule has 0 amide bonds. The Morgan fingerprint density at radius 2 is 2.07 bits per heavy atom. The van der Waals surface area contributed by atoms with Gasteiger partial charge >= 0.3 is 0 Å². The SMILES string of the molecule is CCC(C)CN(C)C1(CN)CC(C)C1. The van der Waals surface area contributed by atoms with Crippen LogP contribution in [0.15, 0.2) is 0 Å². The van der Waals surface area contributed by atoms with Gasteiger partial charge in [0.1, 0.15) is 0 Å². The van der Waals surface area contributed by atoms with Crippen molar-refractivity contribution in [3.8, 4) is 0 Å². The van der Waals surface area contributed by atoms with Crippen molar-refractivity contribution >= 4 is 0 Å². The van der Waals surface area contributed by atoms with Gasteiger partial charge < -0.3 is 5.73 Å². The fraction of sp³-hybridized carbons (Fsp3) is 1.00. The maximum Gasteiger partial charge on any atom is 0.0333 e. The van der Waals surface area contributed by atoms with Crippen molar-refractivity contribution < 1.29 is 0 Å². The molecule has 0 aromatic rings. The van der Waals surface area contributed by atoms with Crippen molar-refractivity contribution in [3.63, 3.8) is 0 Å². The number of rotatable bonds is 5. The third-order valence-electron chi connectivity index (χ3n) is 3.93. The summed E-state index contributed by atoms with van der Waals surface area (Å²) in [6, 6.07) is 0. The van der Waals surface area contributed by atoms with E-state index in [1.807, 2.05) is 0 Å². The quantitative estimate of drug-likeness (QED) is 0.733. The van der Waals surface area contributed by atoms with Gasteiger partial charge in [-0.1, -0.05) is 27.2 Å². The Morgan fingerprint density at radius 3 is 2.43 bits per heavy atom. The lowest BCUT2D eigenvalue weighted by atomic mass is 9.68. The van der Waals surface area contributed by atoms with Gasteiger partial charge in [-0.05, 0) is 31.7 Å². The van der Waals surface area contributed by atoms with Crippen LogP contribution in [0.5, 0.6) is 0 Å². The van der Waals surface area contributed by atoms with Crippen LogP contribution in [0.2, 0.25) is 0 Å². The molecule has 0 aliphatic heterocycles. The summed E-state index contributed by atoms with van der Waals surface area (Å²) in [5, 5.41) is 0. The topological polar surface area (TPSA) is 29.3 Å². The molecule has 1 atom stereocenters. The number of likely N-dealkylation sites (N-methyl/N-ethyl adjacent to an activating group) is 1. The lowest BCUT2D eigenvalue weighted by Crippen LogP contribution is -2.60. The van der Waals surface area contributed by atoms with Crippen molar-refractivity contribution in [1.29, 1.82) is 0 Å². The fourth-order valence-electron chi connectivity index (χ4n) is 2.66. The molecule has 1 saturated carbocycles. The van der Waals surface area contributed by atoms with Crippen LogP contribution in [0.1, 0.15) is 40.0 Å². The molecular formula is C12H26N2. The highest BCUT2D eigenvalue weighted by molar-refractivity contribution is 5.01. The molecule has 0 aromatic heterocycles. The van der Waals surface area contributed by atoms with Crippen LogP contribution in [0.25, 0.3) is 0 Å². The molecule has 0 saturated heterocycles. The van der Waals surface area contributed by atoms with E-state index in [9.17, 15) is 0 Å². The summed E-state index contributed by atoms with van der Waals surface area (Å²) in [6.07, 6.45) is 3.84. The van der Waals surface area contributed by atoms with E-state index in [0.717, 1.165) is 18.4 Å². The predicted molar refractivity (Wildman–Crippen MR) is 62.3 cm³/mol. The zero-order chi connectivity index (χ0) is 10.8. The van der Waals surface area contributed by atoms with Gasteiger partial charge in [-0.25, -0.2) is 0 Å². The number of hydrogen-bond acceptors (Lipinski definition) is 2. The van der Waals surface area contributed by atoms with E-state index >= 15 is 0 Å². The fourth-order valence-corrected chi connectivity index (χ4v) is 2.66. The zero-order valence-electron chi connectivity index (χ0n) is 10.2. The standard InChI is InChI=1S/C12H26N2/c1-5-10(2)8-14(4)12(9-13)6-11(3)7-12/h10-11H,5-9,13H2,1-4H3. The minimum Gasteiger partial charge on any atom is -0.329 e. The smallest absolute Gasteiger partial charge is 0.0333 e. The summed E-state index contributed by atoms with van der Waals surface area (Å²) in [4.78, 5) is 2.50. The Hall–Kier alpha value is -0.0800. The van der Waals surface area contributed by atoms with E-state index in [1.54, 1.807) is 0 Å². The van der Waals surface area contributed by atoms with Crippen LogP contribution < -0.4 is 5.73 Å². The number of hydrogen-bond donors (Lipinski definition) is 1. The third kappa shape index (κ3) is 2.29. The van der Waals surface area contributed by atoms with Gasteiger partial charge in [0.2, 0.25) is 0 Å². The van der Waals surface area contributed by atoms with E-state index in [0.29, 0.717) is 5.54 Å². The van der Waals surface area contributed by atoms with E-state index in [4.69, 9.17) is 5.73 Å². The summed E-state index contributed by atoms with van der Waals surface area (Å²) in [5.41, 5.74) is 6.24. The molecule has 2 N–H and O–H groups in total. The normalized spacial score (nSPS) is 34.3. The van der Waals surface area contributed by atoms with Crippen molar-refractivity contribution in [3.05, 3.63) is 0 Å². The average molecular weight is 198 g/mol. The van der Waals surface area contributed by atoms with E-state index in [2.05, 4.69) is 32.7 Å². The Labute approximate surface area is 88.8 Å². The van der Waals surface area contributed by atoms with Gasteiger partial charge in [0.05, 0.1) is 0 Å². The molecule has 1 rings (SSSR count). The van der Waals surface area contributed by atoms with Crippen LogP contribution in [-0.4, -0.2) is 30.6 Å². The molecule has 0 heterocycles. The van der Waals surface area contributed by atoms with Crippen LogP contribution in [0, 0.1) is 11.8 Å². The number of nitrogens with zero attached hydrogens (tertiary/aromatic N) is 1. The summed E-state index contributed by atoms with van der Waals surface area (Å²) in [6.45, 7) is 8.93. The average Bonchev–Trinajstić information content (AvgIpc) is 2.12. The maximum absolute atomic E-state index is 5.91. The highest BCUT2D eigenvalue weighted by Crippen LogP contribution is 2.41. The van der Waals surface area contributed by atoms with Gasteiger partial charge in [-0.2, -0.15) is 0 Å². The van der Waals surface area contributed by atoms with Crippen LogP contribution >= 0.6 is 0 Å². The highest BCUT2D eigenvalue weighted by atomic mass is 15.2. The second kappa shape index (κ2) is 4.63. The van der Waals surface area contributed by atoms with Crippen molar-refractivity contribution in [2.24, 2.45) is 17.6 Å². The molecule has 2 heteroatoms. The summed E-state index contributed by atoms with van der Waals surface area (Å²) in [5.74, 6) is 1.66. The van der Waals surface area contributed by atoms with E-state index in [-0.39, 0.29) is 0 Å². The first-order valence-corrected chi connectivity index (χ1v) is 5.95. The van der Waals surface area contributed by atoms with Gasteiger partial charge in [0.15, 0.2) is 0 Å². The molecule has 2 nitrogen and oxygen atoms in total. The van der Waals surface area contributed by atoms with Crippen molar-refractivity contribution in [1.82, 2.24) is 4.90 Å².